The van der Waals surface area contributed by atoms with Gasteiger partial charge in [-0.1, -0.05) is 18.5 Å². The zero-order valence-corrected chi connectivity index (χ0v) is 11.0. The fourth-order valence-corrected chi connectivity index (χ4v) is 2.78. The van der Waals surface area contributed by atoms with E-state index in [1.54, 1.807) is 0 Å². The highest BCUT2D eigenvalue weighted by atomic mass is 35.5. The van der Waals surface area contributed by atoms with Crippen LogP contribution in [0.15, 0.2) is 12.1 Å². The molecule has 3 rings (SSSR count). The van der Waals surface area contributed by atoms with Crippen LogP contribution in [0.5, 0.6) is 11.5 Å². The van der Waals surface area contributed by atoms with Crippen molar-refractivity contribution in [2.75, 3.05) is 19.9 Å². The Kier molecular flexibility index (Phi) is 2.88. The van der Waals surface area contributed by atoms with Crippen molar-refractivity contribution in [3.8, 4) is 11.5 Å². The Morgan fingerprint density at radius 1 is 1.39 bits per heavy atom. The van der Waals surface area contributed by atoms with Crippen LogP contribution in [0.25, 0.3) is 0 Å². The van der Waals surface area contributed by atoms with E-state index in [-0.39, 0.29) is 6.79 Å². The Hall–Kier alpha value is -0.970. The largest absolute Gasteiger partial charge is 0.454 e. The number of halogens is 1. The number of likely N-dealkylation sites (tertiary alicyclic amines) is 1. The first kappa shape index (κ1) is 12.1. The van der Waals surface area contributed by atoms with Gasteiger partial charge in [-0.25, -0.2) is 0 Å². The van der Waals surface area contributed by atoms with E-state index in [0.29, 0.717) is 16.5 Å². The zero-order valence-electron chi connectivity index (χ0n) is 10.3. The van der Waals surface area contributed by atoms with E-state index >= 15 is 0 Å². The fraction of sp³-hybridized carbons (Fsp3) is 0.538. The number of hydrogen-bond donors (Lipinski definition) is 1. The molecule has 4 nitrogen and oxygen atoms in total. The van der Waals surface area contributed by atoms with Crippen LogP contribution < -0.4 is 9.47 Å². The molecule has 0 bridgehead atoms. The predicted octanol–water partition coefficient (Wildman–Crippen LogP) is 2.03. The van der Waals surface area contributed by atoms with Crippen LogP contribution >= 0.6 is 11.6 Å². The Morgan fingerprint density at radius 2 is 2.17 bits per heavy atom. The number of ether oxygens (including phenoxy) is 2. The van der Waals surface area contributed by atoms with Gasteiger partial charge in [0.05, 0.1) is 10.6 Å². The summed E-state index contributed by atoms with van der Waals surface area (Å²) in [7, 11) is 0. The van der Waals surface area contributed by atoms with E-state index in [0.717, 1.165) is 31.6 Å². The lowest BCUT2D eigenvalue weighted by Gasteiger charge is -2.46. The summed E-state index contributed by atoms with van der Waals surface area (Å²) in [5, 5.41) is 10.6. The quantitative estimate of drug-likeness (QED) is 0.912. The molecule has 1 aromatic rings. The van der Waals surface area contributed by atoms with Crippen molar-refractivity contribution >= 4 is 11.6 Å². The lowest BCUT2D eigenvalue weighted by molar-refractivity contribution is -0.103. The highest BCUT2D eigenvalue weighted by molar-refractivity contribution is 6.32. The lowest BCUT2D eigenvalue weighted by atomic mass is 9.91. The number of benzene rings is 1. The van der Waals surface area contributed by atoms with Gasteiger partial charge in [-0.05, 0) is 24.1 Å². The Morgan fingerprint density at radius 3 is 2.89 bits per heavy atom. The van der Waals surface area contributed by atoms with E-state index in [2.05, 4.69) is 4.90 Å². The summed E-state index contributed by atoms with van der Waals surface area (Å²) in [5.41, 5.74) is 0.586. The molecule has 1 saturated heterocycles. The summed E-state index contributed by atoms with van der Waals surface area (Å²) < 4.78 is 10.6. The number of fused-ring (bicyclic) bond motifs is 1. The van der Waals surface area contributed by atoms with Gasteiger partial charge in [0.1, 0.15) is 0 Å². The van der Waals surface area contributed by atoms with Crippen molar-refractivity contribution in [3.05, 3.63) is 22.7 Å². The molecule has 0 aromatic heterocycles. The van der Waals surface area contributed by atoms with Crippen LogP contribution in [-0.4, -0.2) is 35.5 Å². The van der Waals surface area contributed by atoms with E-state index in [1.807, 2.05) is 19.1 Å². The van der Waals surface area contributed by atoms with Crippen molar-refractivity contribution in [3.63, 3.8) is 0 Å². The molecule has 5 heteroatoms. The van der Waals surface area contributed by atoms with E-state index < -0.39 is 5.60 Å². The molecule has 2 aliphatic rings. The van der Waals surface area contributed by atoms with E-state index in [4.69, 9.17) is 21.1 Å². The van der Waals surface area contributed by atoms with Crippen LogP contribution in [-0.2, 0) is 6.54 Å². The standard InChI is InChI=1S/C13H16ClNO3/c1-2-13(16)6-15(7-13)5-9-3-10(14)12-11(4-9)17-8-18-12/h3-4,16H,2,5-8H2,1H3. The van der Waals surface area contributed by atoms with Crippen LogP contribution in [0.4, 0.5) is 0 Å². The molecule has 0 saturated carbocycles. The summed E-state index contributed by atoms with van der Waals surface area (Å²) in [5.74, 6) is 1.35. The number of rotatable bonds is 3. The summed E-state index contributed by atoms with van der Waals surface area (Å²) >= 11 is 6.13. The highest BCUT2D eigenvalue weighted by Gasteiger charge is 2.39. The minimum atomic E-state index is -0.500. The maximum Gasteiger partial charge on any atom is 0.231 e. The van der Waals surface area contributed by atoms with Crippen molar-refractivity contribution in [1.29, 1.82) is 0 Å². The van der Waals surface area contributed by atoms with Crippen LogP contribution in [0.1, 0.15) is 18.9 Å². The molecular formula is C13H16ClNO3. The lowest BCUT2D eigenvalue weighted by Crippen LogP contribution is -2.60. The highest BCUT2D eigenvalue weighted by Crippen LogP contribution is 2.40. The maximum absolute atomic E-state index is 9.96. The monoisotopic (exact) mass is 269 g/mol. The minimum absolute atomic E-state index is 0.234. The first-order valence-electron chi connectivity index (χ1n) is 6.12. The summed E-state index contributed by atoms with van der Waals surface area (Å²) in [6, 6.07) is 3.86. The van der Waals surface area contributed by atoms with Gasteiger partial charge in [-0.3, -0.25) is 4.90 Å². The third kappa shape index (κ3) is 2.05. The van der Waals surface area contributed by atoms with Crippen LogP contribution in [0.3, 0.4) is 0 Å². The number of nitrogens with zero attached hydrogens (tertiary/aromatic N) is 1. The molecule has 2 aliphatic heterocycles. The smallest absolute Gasteiger partial charge is 0.231 e. The molecule has 0 radical (unpaired) electrons. The topological polar surface area (TPSA) is 41.9 Å². The van der Waals surface area contributed by atoms with Gasteiger partial charge in [0, 0.05) is 19.6 Å². The predicted molar refractivity (Wildman–Crippen MR) is 68.1 cm³/mol. The summed E-state index contributed by atoms with van der Waals surface area (Å²) in [6.07, 6.45) is 0.797. The second kappa shape index (κ2) is 4.30. The third-order valence-corrected chi connectivity index (χ3v) is 3.87. The molecule has 1 aromatic carbocycles. The molecule has 1 N–H and O–H groups in total. The third-order valence-electron chi connectivity index (χ3n) is 3.59. The van der Waals surface area contributed by atoms with E-state index in [9.17, 15) is 5.11 Å². The zero-order chi connectivity index (χ0) is 12.8. The molecule has 0 spiro atoms. The van der Waals surface area contributed by atoms with Gasteiger partial charge in [0.25, 0.3) is 0 Å². The summed E-state index contributed by atoms with van der Waals surface area (Å²) in [4.78, 5) is 2.19. The average Bonchev–Trinajstić information content (AvgIpc) is 2.75. The van der Waals surface area contributed by atoms with Crippen molar-refractivity contribution in [2.45, 2.75) is 25.5 Å². The van der Waals surface area contributed by atoms with Gasteiger partial charge in [-0.15, -0.1) is 0 Å². The number of aliphatic hydroxyl groups is 1. The Labute approximate surface area is 111 Å². The SMILES string of the molecule is CCC1(O)CN(Cc2cc(Cl)c3c(c2)OCO3)C1. The van der Waals surface area contributed by atoms with Crippen LogP contribution in [0, 0.1) is 0 Å². The van der Waals surface area contributed by atoms with Gasteiger partial charge in [-0.2, -0.15) is 0 Å². The summed E-state index contributed by atoms with van der Waals surface area (Å²) in [6.45, 7) is 4.45. The van der Waals surface area contributed by atoms with Gasteiger partial charge in [0.2, 0.25) is 6.79 Å². The van der Waals surface area contributed by atoms with Crippen LogP contribution in [0.2, 0.25) is 5.02 Å². The van der Waals surface area contributed by atoms with Gasteiger partial charge < -0.3 is 14.6 Å². The van der Waals surface area contributed by atoms with E-state index in [1.165, 1.54) is 0 Å². The molecule has 2 heterocycles. The maximum atomic E-state index is 9.96. The average molecular weight is 270 g/mol. The first-order valence-corrected chi connectivity index (χ1v) is 6.50. The number of hydrogen-bond acceptors (Lipinski definition) is 4. The molecule has 0 aliphatic carbocycles. The molecular weight excluding hydrogens is 254 g/mol. The molecule has 98 valence electrons. The van der Waals surface area contributed by atoms with Crippen molar-refractivity contribution in [2.24, 2.45) is 0 Å². The van der Waals surface area contributed by atoms with Crippen molar-refractivity contribution < 1.29 is 14.6 Å². The molecule has 18 heavy (non-hydrogen) atoms. The first-order chi connectivity index (χ1) is 8.59. The minimum Gasteiger partial charge on any atom is -0.454 e. The second-order valence-corrected chi connectivity index (χ2v) is 5.44. The fourth-order valence-electron chi connectivity index (χ4n) is 2.49. The molecule has 0 atom stereocenters. The Bertz CT molecular complexity index is 472. The van der Waals surface area contributed by atoms with Gasteiger partial charge in [0.15, 0.2) is 11.5 Å². The normalized spacial score (nSPS) is 20.8. The molecule has 0 amide bonds. The Balaban J connectivity index is 1.70. The van der Waals surface area contributed by atoms with Crippen molar-refractivity contribution in [1.82, 2.24) is 4.90 Å². The molecule has 1 fully saturated rings. The second-order valence-electron chi connectivity index (χ2n) is 5.03. The number of β-amino-alcohol motifs (C(OH)–C–C–N with tert-alkyl or cyclic N) is 1. The van der Waals surface area contributed by atoms with Gasteiger partial charge >= 0.3 is 0 Å². The molecule has 0 unspecified atom stereocenters.